The first kappa shape index (κ1) is 20.6. The number of amides is 1. The third-order valence-corrected chi connectivity index (χ3v) is 5.15. The van der Waals surface area contributed by atoms with Gasteiger partial charge in [0.05, 0.1) is 35.8 Å². The van der Waals surface area contributed by atoms with Crippen LogP contribution in [-0.2, 0) is 15.7 Å². The lowest BCUT2D eigenvalue weighted by molar-refractivity contribution is -0.137. The van der Waals surface area contributed by atoms with Gasteiger partial charge < -0.3 is 4.74 Å². The van der Waals surface area contributed by atoms with Crippen LogP contribution in [0.2, 0.25) is 0 Å². The van der Waals surface area contributed by atoms with E-state index in [-0.39, 0.29) is 29.5 Å². The van der Waals surface area contributed by atoms with Crippen molar-refractivity contribution >= 4 is 23.0 Å². The van der Waals surface area contributed by atoms with Crippen LogP contribution in [0.5, 0.6) is 0 Å². The van der Waals surface area contributed by atoms with Gasteiger partial charge in [-0.3, -0.25) is 14.6 Å². The van der Waals surface area contributed by atoms with Crippen molar-refractivity contribution in [2.45, 2.75) is 32.2 Å². The molecule has 2 aromatic carbocycles. The van der Waals surface area contributed by atoms with E-state index in [4.69, 9.17) is 4.74 Å². The molecule has 2 heterocycles. The van der Waals surface area contributed by atoms with Crippen LogP contribution >= 0.6 is 0 Å². The van der Waals surface area contributed by atoms with E-state index in [1.807, 2.05) is 26.0 Å². The van der Waals surface area contributed by atoms with Gasteiger partial charge in [0, 0.05) is 18.7 Å². The van der Waals surface area contributed by atoms with Gasteiger partial charge in [-0.25, -0.2) is 4.99 Å². The highest BCUT2D eigenvalue weighted by Crippen LogP contribution is 2.34. The van der Waals surface area contributed by atoms with Crippen molar-refractivity contribution in [2.75, 3.05) is 24.7 Å². The Labute approximate surface area is 172 Å². The Kier molecular flexibility index (Phi) is 5.38. The summed E-state index contributed by atoms with van der Waals surface area (Å²) in [4.78, 5) is 21.3. The molecule has 2 atom stereocenters. The van der Waals surface area contributed by atoms with Crippen LogP contribution in [0.25, 0.3) is 0 Å². The highest BCUT2D eigenvalue weighted by atomic mass is 19.4. The van der Waals surface area contributed by atoms with E-state index < -0.39 is 11.7 Å². The number of benzene rings is 2. The van der Waals surface area contributed by atoms with Gasteiger partial charge in [-0.2, -0.15) is 13.2 Å². The van der Waals surface area contributed by atoms with Gasteiger partial charge in [-0.1, -0.05) is 24.3 Å². The molecule has 0 aromatic heterocycles. The lowest BCUT2D eigenvalue weighted by Gasteiger charge is -2.37. The van der Waals surface area contributed by atoms with Gasteiger partial charge in [0.15, 0.2) is 0 Å². The fourth-order valence-corrected chi connectivity index (χ4v) is 3.99. The minimum Gasteiger partial charge on any atom is -0.373 e. The van der Waals surface area contributed by atoms with Crippen LogP contribution in [0.1, 0.15) is 25.0 Å². The molecule has 5 nitrogen and oxygen atoms in total. The first-order valence-corrected chi connectivity index (χ1v) is 9.77. The normalized spacial score (nSPS) is 23.8. The standard InChI is InChI=1S/C22H22F3N3O2/c1-14-11-27(12-15(2)30-14)13-28-19-9-4-3-8-18(19)20(21(28)29)26-17-7-5-6-16(10-17)22(23,24)25/h3-10,14-15H,11-13H2,1-2H3. The molecule has 4 rings (SSSR count). The number of fused-ring (bicyclic) bond motifs is 1. The Hall–Kier alpha value is -2.71. The van der Waals surface area contributed by atoms with Crippen LogP contribution in [-0.4, -0.2) is 48.5 Å². The molecule has 0 spiro atoms. The van der Waals surface area contributed by atoms with Crippen LogP contribution < -0.4 is 4.90 Å². The number of carbonyl (C=O) groups is 1. The minimum atomic E-state index is -4.47. The first-order valence-electron chi connectivity index (χ1n) is 9.77. The predicted octanol–water partition coefficient (Wildman–Crippen LogP) is 4.24. The third kappa shape index (κ3) is 4.11. The van der Waals surface area contributed by atoms with Gasteiger partial charge >= 0.3 is 6.18 Å². The SMILES string of the molecule is CC1CN(CN2C(=O)C(=Nc3cccc(C(F)(F)F)c3)c3ccccc32)CC(C)O1. The van der Waals surface area contributed by atoms with E-state index in [1.165, 1.54) is 12.1 Å². The number of nitrogens with zero attached hydrogens (tertiary/aromatic N) is 3. The number of anilines is 1. The Bertz CT molecular complexity index is 980. The van der Waals surface area contributed by atoms with Crippen molar-refractivity contribution in [1.82, 2.24) is 4.90 Å². The lowest BCUT2D eigenvalue weighted by atomic mass is 10.1. The van der Waals surface area contributed by atoms with Crippen molar-refractivity contribution in [1.29, 1.82) is 0 Å². The Morgan fingerprint density at radius 1 is 1.07 bits per heavy atom. The van der Waals surface area contributed by atoms with E-state index in [1.54, 1.807) is 17.0 Å². The average Bonchev–Trinajstić information content (AvgIpc) is 2.93. The summed E-state index contributed by atoms with van der Waals surface area (Å²) in [5.74, 6) is -0.319. The topological polar surface area (TPSA) is 45.1 Å². The second-order valence-corrected chi connectivity index (χ2v) is 7.69. The predicted molar refractivity (Wildman–Crippen MR) is 108 cm³/mol. The maximum Gasteiger partial charge on any atom is 0.416 e. The summed E-state index contributed by atoms with van der Waals surface area (Å²) in [7, 11) is 0. The maximum atomic E-state index is 13.2. The summed E-state index contributed by atoms with van der Waals surface area (Å²) >= 11 is 0. The number of rotatable bonds is 3. The van der Waals surface area contributed by atoms with Crippen molar-refractivity contribution in [3.8, 4) is 0 Å². The second-order valence-electron chi connectivity index (χ2n) is 7.69. The van der Waals surface area contributed by atoms with Gasteiger partial charge in [-0.05, 0) is 38.1 Å². The zero-order valence-electron chi connectivity index (χ0n) is 16.7. The molecule has 2 aromatic rings. The molecule has 0 saturated carbocycles. The molecular weight excluding hydrogens is 395 g/mol. The fraction of sp³-hybridized carbons (Fsp3) is 0.364. The molecule has 2 aliphatic heterocycles. The maximum absolute atomic E-state index is 13.2. The Morgan fingerprint density at radius 3 is 2.47 bits per heavy atom. The summed E-state index contributed by atoms with van der Waals surface area (Å²) in [6.07, 6.45) is -4.36. The zero-order valence-corrected chi connectivity index (χ0v) is 16.7. The summed E-state index contributed by atoms with van der Waals surface area (Å²) in [6.45, 7) is 5.73. The number of para-hydroxylation sites is 1. The monoisotopic (exact) mass is 417 g/mol. The van der Waals surface area contributed by atoms with Gasteiger partial charge in [0.2, 0.25) is 0 Å². The largest absolute Gasteiger partial charge is 0.416 e. The molecule has 0 N–H and O–H groups in total. The van der Waals surface area contributed by atoms with Crippen LogP contribution in [0.4, 0.5) is 24.5 Å². The number of alkyl halides is 3. The molecule has 1 fully saturated rings. The summed E-state index contributed by atoms with van der Waals surface area (Å²) < 4.78 is 44.9. The molecule has 2 aliphatic rings. The summed E-state index contributed by atoms with van der Waals surface area (Å²) in [5.41, 5.74) is 0.781. The first-order chi connectivity index (χ1) is 14.2. The minimum absolute atomic E-state index is 0.0555. The third-order valence-electron chi connectivity index (χ3n) is 5.15. The summed E-state index contributed by atoms with van der Waals surface area (Å²) in [5, 5.41) is 0. The molecule has 0 radical (unpaired) electrons. The quantitative estimate of drug-likeness (QED) is 0.751. The van der Waals surface area contributed by atoms with Gasteiger partial charge in [-0.15, -0.1) is 0 Å². The van der Waals surface area contributed by atoms with E-state index in [0.717, 1.165) is 12.1 Å². The van der Waals surface area contributed by atoms with E-state index >= 15 is 0 Å². The number of carbonyl (C=O) groups excluding carboxylic acids is 1. The van der Waals surface area contributed by atoms with Crippen LogP contribution in [0, 0.1) is 0 Å². The Balaban J connectivity index is 1.66. The van der Waals surface area contributed by atoms with Crippen molar-refractivity contribution in [3.63, 3.8) is 0 Å². The molecular formula is C22H22F3N3O2. The number of ether oxygens (including phenoxy) is 1. The van der Waals surface area contributed by atoms with Crippen LogP contribution in [0.3, 0.4) is 0 Å². The molecule has 2 unspecified atom stereocenters. The molecule has 158 valence electrons. The van der Waals surface area contributed by atoms with Crippen LogP contribution in [0.15, 0.2) is 53.5 Å². The molecule has 1 amide bonds. The highest BCUT2D eigenvalue weighted by molar-refractivity contribution is 6.54. The molecule has 1 saturated heterocycles. The highest BCUT2D eigenvalue weighted by Gasteiger charge is 2.36. The number of aliphatic imine (C=N–C) groups is 1. The number of hydrogen-bond donors (Lipinski definition) is 0. The average molecular weight is 417 g/mol. The molecule has 30 heavy (non-hydrogen) atoms. The van der Waals surface area contributed by atoms with Crippen molar-refractivity contribution < 1.29 is 22.7 Å². The smallest absolute Gasteiger partial charge is 0.373 e. The van der Waals surface area contributed by atoms with Gasteiger partial charge in [0.1, 0.15) is 5.71 Å². The zero-order chi connectivity index (χ0) is 21.5. The molecule has 0 bridgehead atoms. The molecule has 0 aliphatic carbocycles. The number of halogens is 3. The Morgan fingerprint density at radius 2 is 1.77 bits per heavy atom. The summed E-state index contributed by atoms with van der Waals surface area (Å²) in [6, 6.07) is 11.9. The van der Waals surface area contributed by atoms with E-state index in [2.05, 4.69) is 9.89 Å². The lowest BCUT2D eigenvalue weighted by Crippen LogP contribution is -2.50. The van der Waals surface area contributed by atoms with E-state index in [0.29, 0.717) is 31.0 Å². The number of morpholine rings is 1. The van der Waals surface area contributed by atoms with Crippen molar-refractivity contribution in [2.24, 2.45) is 4.99 Å². The van der Waals surface area contributed by atoms with Gasteiger partial charge in [0.25, 0.3) is 5.91 Å². The van der Waals surface area contributed by atoms with Crippen molar-refractivity contribution in [3.05, 3.63) is 59.7 Å². The van der Waals surface area contributed by atoms with E-state index in [9.17, 15) is 18.0 Å². The molecule has 8 heteroatoms. The second kappa shape index (κ2) is 7.85. The fourth-order valence-electron chi connectivity index (χ4n) is 3.99. The number of hydrogen-bond acceptors (Lipinski definition) is 4.